The van der Waals surface area contributed by atoms with Crippen LogP contribution < -0.4 is 0 Å². The van der Waals surface area contributed by atoms with Crippen molar-refractivity contribution in [3.63, 3.8) is 0 Å². The molecular weight excluding hydrogens is 441 g/mol. The van der Waals surface area contributed by atoms with Crippen LogP contribution in [-0.4, -0.2) is 64.4 Å². The quantitative estimate of drug-likeness (QED) is 0.426. The van der Waals surface area contributed by atoms with Crippen LogP contribution >= 0.6 is 0 Å². The minimum atomic E-state index is -4.00. The smallest absolute Gasteiger partial charge is 0.274 e. The highest BCUT2D eigenvalue weighted by Crippen LogP contribution is 2.21. The van der Waals surface area contributed by atoms with Crippen LogP contribution in [-0.2, 0) is 10.0 Å². The van der Waals surface area contributed by atoms with E-state index in [1.165, 1.54) is 58.1 Å². The molecule has 10 nitrogen and oxygen atoms in total. The van der Waals surface area contributed by atoms with Crippen molar-refractivity contribution in [2.24, 2.45) is 0 Å². The molecule has 32 heavy (non-hydrogen) atoms. The summed E-state index contributed by atoms with van der Waals surface area (Å²) in [5.74, 6) is -1.18. The Kier molecular flexibility index (Phi) is 5.72. The number of nitrogens with zero attached hydrogens (tertiary/aromatic N) is 5. The highest BCUT2D eigenvalue weighted by atomic mass is 32.2. The van der Waals surface area contributed by atoms with Gasteiger partial charge in [0.05, 0.1) is 10.6 Å². The predicted molar refractivity (Wildman–Crippen MR) is 111 cm³/mol. The van der Waals surface area contributed by atoms with Crippen molar-refractivity contribution in [2.45, 2.75) is 4.90 Å². The Morgan fingerprint density at radius 1 is 1.00 bits per heavy atom. The fourth-order valence-corrected chi connectivity index (χ4v) is 4.88. The highest BCUT2D eigenvalue weighted by Gasteiger charge is 2.32. The number of carbonyl (C=O) groups excluding carboxylic acids is 1. The molecule has 12 heteroatoms. The molecule has 0 N–H and O–H groups in total. The van der Waals surface area contributed by atoms with Gasteiger partial charge in [0.15, 0.2) is 5.69 Å². The van der Waals surface area contributed by atoms with Gasteiger partial charge in [-0.15, -0.1) is 0 Å². The van der Waals surface area contributed by atoms with Gasteiger partial charge in [0, 0.05) is 44.5 Å². The number of amides is 1. The monoisotopic (exact) mass is 459 g/mol. The van der Waals surface area contributed by atoms with Gasteiger partial charge in [0.2, 0.25) is 10.0 Å². The van der Waals surface area contributed by atoms with E-state index in [-0.39, 0.29) is 48.4 Å². The molecule has 1 fully saturated rings. The van der Waals surface area contributed by atoms with Gasteiger partial charge < -0.3 is 4.90 Å². The number of benzene rings is 2. The van der Waals surface area contributed by atoms with E-state index in [0.717, 1.165) is 10.4 Å². The van der Waals surface area contributed by atoms with Gasteiger partial charge in [0.25, 0.3) is 11.6 Å². The van der Waals surface area contributed by atoms with Crippen molar-refractivity contribution >= 4 is 21.6 Å². The molecule has 1 aliphatic heterocycles. The molecule has 1 aromatic heterocycles. The Balaban J connectivity index is 1.43. The van der Waals surface area contributed by atoms with Crippen LogP contribution in [0, 0.1) is 15.9 Å². The molecule has 0 atom stereocenters. The average Bonchev–Trinajstić information content (AvgIpc) is 3.29. The molecule has 3 aromatic rings. The van der Waals surface area contributed by atoms with Crippen LogP contribution in [0.4, 0.5) is 10.1 Å². The number of hydrogen-bond donors (Lipinski definition) is 0. The fourth-order valence-electron chi connectivity index (χ4n) is 3.40. The molecule has 1 saturated heterocycles. The van der Waals surface area contributed by atoms with E-state index < -0.39 is 20.8 Å². The van der Waals surface area contributed by atoms with Crippen LogP contribution in [0.3, 0.4) is 0 Å². The second-order valence-corrected chi connectivity index (χ2v) is 8.95. The van der Waals surface area contributed by atoms with Crippen LogP contribution in [0.2, 0.25) is 0 Å². The van der Waals surface area contributed by atoms with Crippen LogP contribution in [0.5, 0.6) is 0 Å². The lowest BCUT2D eigenvalue weighted by Gasteiger charge is -2.33. The number of hydrogen-bond acceptors (Lipinski definition) is 6. The van der Waals surface area contributed by atoms with Gasteiger partial charge in [0.1, 0.15) is 10.7 Å². The SMILES string of the molecule is O=C(c1ccn(-c2ccc([N+](=O)[O-])cc2)n1)N1CCN(S(=O)(=O)c2ccccc2F)CC1. The second-order valence-electron chi connectivity index (χ2n) is 7.05. The Morgan fingerprint density at radius 3 is 2.28 bits per heavy atom. The Bertz CT molecular complexity index is 1270. The second kappa shape index (κ2) is 8.48. The molecule has 166 valence electrons. The van der Waals surface area contributed by atoms with E-state index in [1.54, 1.807) is 6.20 Å². The van der Waals surface area contributed by atoms with Crippen LogP contribution in [0.25, 0.3) is 5.69 Å². The summed E-state index contributed by atoms with van der Waals surface area (Å²) < 4.78 is 42.0. The van der Waals surface area contributed by atoms with Gasteiger partial charge >= 0.3 is 0 Å². The lowest BCUT2D eigenvalue weighted by Crippen LogP contribution is -2.50. The number of nitro benzene ring substituents is 1. The number of sulfonamides is 1. The third-order valence-corrected chi connectivity index (χ3v) is 7.05. The largest absolute Gasteiger partial charge is 0.335 e. The lowest BCUT2D eigenvalue weighted by atomic mass is 10.3. The van der Waals surface area contributed by atoms with Crippen molar-refractivity contribution in [2.75, 3.05) is 26.2 Å². The van der Waals surface area contributed by atoms with Crippen molar-refractivity contribution < 1.29 is 22.5 Å². The van der Waals surface area contributed by atoms with E-state index >= 15 is 0 Å². The zero-order chi connectivity index (χ0) is 22.9. The number of halogens is 1. The first kappa shape index (κ1) is 21.6. The van der Waals surface area contributed by atoms with Gasteiger partial charge in [-0.25, -0.2) is 17.5 Å². The standard InChI is InChI=1S/C20H18FN5O5S/c21-17-3-1-2-4-19(17)32(30,31)24-13-11-23(12-14-24)20(27)18-9-10-25(22-18)15-5-7-16(8-6-15)26(28)29/h1-10H,11-14H2. The Morgan fingerprint density at radius 2 is 1.66 bits per heavy atom. The third kappa shape index (κ3) is 4.09. The van der Waals surface area contributed by atoms with E-state index in [0.29, 0.717) is 5.69 Å². The molecule has 1 amide bonds. The summed E-state index contributed by atoms with van der Waals surface area (Å²) in [6.45, 7) is 0.338. The summed E-state index contributed by atoms with van der Waals surface area (Å²) in [5.41, 5.74) is 0.657. The Hall–Kier alpha value is -3.64. The van der Waals surface area contributed by atoms with Crippen molar-refractivity contribution in [1.82, 2.24) is 19.0 Å². The van der Waals surface area contributed by atoms with Gasteiger partial charge in [-0.2, -0.15) is 9.40 Å². The molecule has 0 saturated carbocycles. The molecule has 2 aromatic carbocycles. The summed E-state index contributed by atoms with van der Waals surface area (Å²) in [6, 6.07) is 12.4. The summed E-state index contributed by atoms with van der Waals surface area (Å²) in [7, 11) is -4.00. The third-order valence-electron chi connectivity index (χ3n) is 5.11. The van der Waals surface area contributed by atoms with E-state index in [4.69, 9.17) is 0 Å². The first-order valence-corrected chi connectivity index (χ1v) is 11.1. The summed E-state index contributed by atoms with van der Waals surface area (Å²) in [4.78, 5) is 24.2. The minimum Gasteiger partial charge on any atom is -0.335 e. The molecule has 1 aliphatic rings. The molecular formula is C20H18FN5O5S. The average molecular weight is 459 g/mol. The van der Waals surface area contributed by atoms with Crippen LogP contribution in [0.15, 0.2) is 65.7 Å². The molecule has 0 unspecified atom stereocenters. The van der Waals surface area contributed by atoms with Crippen molar-refractivity contribution in [3.8, 4) is 5.69 Å². The molecule has 0 radical (unpaired) electrons. The first-order valence-electron chi connectivity index (χ1n) is 9.62. The van der Waals surface area contributed by atoms with Crippen molar-refractivity contribution in [3.05, 3.63) is 82.4 Å². The number of rotatable bonds is 5. The first-order chi connectivity index (χ1) is 15.3. The summed E-state index contributed by atoms with van der Waals surface area (Å²) in [6.07, 6.45) is 1.56. The number of piperazine rings is 1. The lowest BCUT2D eigenvalue weighted by molar-refractivity contribution is -0.384. The normalized spacial score (nSPS) is 15.0. The summed E-state index contributed by atoms with van der Waals surface area (Å²) in [5, 5.41) is 15.0. The maximum absolute atomic E-state index is 14.0. The topological polar surface area (TPSA) is 119 Å². The minimum absolute atomic E-state index is 0.0332. The van der Waals surface area contributed by atoms with Gasteiger partial charge in [-0.05, 0) is 30.3 Å². The maximum Gasteiger partial charge on any atom is 0.274 e. The maximum atomic E-state index is 14.0. The molecule has 2 heterocycles. The summed E-state index contributed by atoms with van der Waals surface area (Å²) >= 11 is 0. The Labute approximate surface area is 182 Å². The molecule has 0 bridgehead atoms. The van der Waals surface area contributed by atoms with E-state index in [2.05, 4.69) is 5.10 Å². The van der Waals surface area contributed by atoms with E-state index in [9.17, 15) is 27.7 Å². The fraction of sp³-hybridized carbons (Fsp3) is 0.200. The van der Waals surface area contributed by atoms with Gasteiger partial charge in [-0.3, -0.25) is 14.9 Å². The zero-order valence-electron chi connectivity index (χ0n) is 16.7. The predicted octanol–water partition coefficient (Wildman–Crippen LogP) is 2.07. The van der Waals surface area contributed by atoms with Crippen molar-refractivity contribution in [1.29, 1.82) is 0 Å². The number of nitro groups is 1. The van der Waals surface area contributed by atoms with E-state index in [1.807, 2.05) is 0 Å². The zero-order valence-corrected chi connectivity index (χ0v) is 17.5. The molecule has 0 spiro atoms. The van der Waals surface area contributed by atoms with Crippen LogP contribution in [0.1, 0.15) is 10.5 Å². The highest BCUT2D eigenvalue weighted by molar-refractivity contribution is 7.89. The number of non-ortho nitro benzene ring substituents is 1. The number of aromatic nitrogens is 2. The molecule has 4 rings (SSSR count). The molecule has 0 aliphatic carbocycles. The number of carbonyl (C=O) groups is 1. The van der Waals surface area contributed by atoms with Gasteiger partial charge in [-0.1, -0.05) is 12.1 Å².